The van der Waals surface area contributed by atoms with Crippen LogP contribution in [-0.2, 0) is 0 Å². The van der Waals surface area contributed by atoms with Crippen LogP contribution in [0.4, 0.5) is 8.78 Å². The lowest BCUT2D eigenvalue weighted by Gasteiger charge is -2.13. The maximum Gasteiger partial charge on any atom is 0.257 e. The van der Waals surface area contributed by atoms with Crippen LogP contribution in [0.1, 0.15) is 11.6 Å². The number of rotatable bonds is 3. The standard InChI is InChI=1S/C9H11F2NOS/c1-14-5-2-3-7(13)6(4-5)8(12)9(10)11/h2-4,8-9,13H,12H2,1H3/t8-/m1/s1. The molecule has 3 N–H and O–H groups in total. The van der Waals surface area contributed by atoms with Gasteiger partial charge < -0.3 is 10.8 Å². The highest BCUT2D eigenvalue weighted by Gasteiger charge is 2.20. The Kier molecular flexibility index (Phi) is 3.71. The summed E-state index contributed by atoms with van der Waals surface area (Å²) < 4.78 is 24.6. The molecule has 78 valence electrons. The van der Waals surface area contributed by atoms with Gasteiger partial charge in [0.05, 0.1) is 6.04 Å². The fourth-order valence-corrected chi connectivity index (χ4v) is 1.51. The smallest absolute Gasteiger partial charge is 0.257 e. The van der Waals surface area contributed by atoms with Gasteiger partial charge in [0.2, 0.25) is 0 Å². The number of nitrogens with two attached hydrogens (primary N) is 1. The first-order valence-electron chi connectivity index (χ1n) is 3.97. The van der Waals surface area contributed by atoms with Gasteiger partial charge in [-0.2, -0.15) is 0 Å². The van der Waals surface area contributed by atoms with E-state index < -0.39 is 12.5 Å². The number of hydrogen-bond acceptors (Lipinski definition) is 3. The molecule has 1 rings (SSSR count). The van der Waals surface area contributed by atoms with E-state index in [1.807, 2.05) is 6.26 Å². The Morgan fingerprint density at radius 3 is 2.57 bits per heavy atom. The summed E-state index contributed by atoms with van der Waals surface area (Å²) in [5.41, 5.74) is 5.33. The molecule has 1 aromatic carbocycles. The highest BCUT2D eigenvalue weighted by atomic mass is 32.2. The molecule has 0 radical (unpaired) electrons. The molecule has 0 aromatic heterocycles. The quantitative estimate of drug-likeness (QED) is 0.767. The van der Waals surface area contributed by atoms with Crippen LogP contribution < -0.4 is 5.73 Å². The topological polar surface area (TPSA) is 46.2 Å². The van der Waals surface area contributed by atoms with E-state index in [2.05, 4.69) is 0 Å². The minimum absolute atomic E-state index is 0.0897. The van der Waals surface area contributed by atoms with Gasteiger partial charge in [0.25, 0.3) is 6.43 Å². The number of thioether (sulfide) groups is 1. The summed E-state index contributed by atoms with van der Waals surface area (Å²) >= 11 is 1.41. The van der Waals surface area contributed by atoms with Crippen molar-refractivity contribution in [1.82, 2.24) is 0 Å². The Morgan fingerprint density at radius 2 is 2.07 bits per heavy atom. The average Bonchev–Trinajstić information content (AvgIpc) is 2.17. The summed E-state index contributed by atoms with van der Waals surface area (Å²) in [6.45, 7) is 0. The number of benzene rings is 1. The predicted molar refractivity (Wildman–Crippen MR) is 52.8 cm³/mol. The number of aromatic hydroxyl groups is 1. The fraction of sp³-hybridized carbons (Fsp3) is 0.333. The molecule has 0 heterocycles. The van der Waals surface area contributed by atoms with Crippen LogP contribution in [0.15, 0.2) is 23.1 Å². The molecule has 2 nitrogen and oxygen atoms in total. The van der Waals surface area contributed by atoms with Crippen molar-refractivity contribution >= 4 is 11.8 Å². The molecular weight excluding hydrogens is 208 g/mol. The van der Waals surface area contributed by atoms with Crippen LogP contribution in [0.5, 0.6) is 5.75 Å². The van der Waals surface area contributed by atoms with Gasteiger partial charge >= 0.3 is 0 Å². The highest BCUT2D eigenvalue weighted by Crippen LogP contribution is 2.30. The van der Waals surface area contributed by atoms with E-state index in [9.17, 15) is 13.9 Å². The van der Waals surface area contributed by atoms with Crippen molar-refractivity contribution in [2.45, 2.75) is 17.4 Å². The molecule has 0 aliphatic heterocycles. The zero-order chi connectivity index (χ0) is 10.7. The summed E-state index contributed by atoms with van der Waals surface area (Å²) in [5, 5.41) is 9.33. The number of halogens is 2. The number of phenolic OH excluding ortho intramolecular Hbond substituents is 1. The zero-order valence-corrected chi connectivity index (χ0v) is 8.39. The molecule has 1 aromatic rings. The van der Waals surface area contributed by atoms with E-state index in [0.717, 1.165) is 4.90 Å². The van der Waals surface area contributed by atoms with E-state index in [1.165, 1.54) is 23.9 Å². The van der Waals surface area contributed by atoms with Gasteiger partial charge in [-0.05, 0) is 24.5 Å². The van der Waals surface area contributed by atoms with E-state index in [-0.39, 0.29) is 11.3 Å². The maximum absolute atomic E-state index is 12.3. The van der Waals surface area contributed by atoms with Crippen molar-refractivity contribution in [2.75, 3.05) is 6.26 Å². The van der Waals surface area contributed by atoms with Crippen LogP contribution in [0.2, 0.25) is 0 Å². The van der Waals surface area contributed by atoms with Crippen LogP contribution >= 0.6 is 11.8 Å². The lowest BCUT2D eigenvalue weighted by molar-refractivity contribution is 0.115. The lowest BCUT2D eigenvalue weighted by Crippen LogP contribution is -2.19. The zero-order valence-electron chi connectivity index (χ0n) is 7.58. The monoisotopic (exact) mass is 219 g/mol. The molecular formula is C9H11F2NOS. The third-order valence-electron chi connectivity index (χ3n) is 1.87. The molecule has 0 fully saturated rings. The van der Waals surface area contributed by atoms with Crippen molar-refractivity contribution in [3.05, 3.63) is 23.8 Å². The number of hydrogen-bond donors (Lipinski definition) is 2. The van der Waals surface area contributed by atoms with Crippen LogP contribution in [0.3, 0.4) is 0 Å². The van der Waals surface area contributed by atoms with E-state index in [1.54, 1.807) is 6.07 Å². The average molecular weight is 219 g/mol. The van der Waals surface area contributed by atoms with E-state index >= 15 is 0 Å². The van der Waals surface area contributed by atoms with Gasteiger partial charge in [-0.25, -0.2) is 8.78 Å². The molecule has 0 unspecified atom stereocenters. The second-order valence-corrected chi connectivity index (χ2v) is 3.66. The Morgan fingerprint density at radius 1 is 1.43 bits per heavy atom. The molecule has 1 atom stereocenters. The van der Waals surface area contributed by atoms with Crippen LogP contribution in [-0.4, -0.2) is 17.8 Å². The Hall–Kier alpha value is -0.810. The first kappa shape index (κ1) is 11.3. The summed E-state index contributed by atoms with van der Waals surface area (Å²) in [6.07, 6.45) is -0.845. The largest absolute Gasteiger partial charge is 0.508 e. The summed E-state index contributed by atoms with van der Waals surface area (Å²) in [5.74, 6) is -0.185. The van der Waals surface area contributed by atoms with Crippen molar-refractivity contribution < 1.29 is 13.9 Å². The van der Waals surface area contributed by atoms with E-state index in [4.69, 9.17) is 5.73 Å². The van der Waals surface area contributed by atoms with Crippen LogP contribution in [0.25, 0.3) is 0 Å². The third-order valence-corrected chi connectivity index (χ3v) is 2.59. The molecule has 0 saturated carbocycles. The van der Waals surface area contributed by atoms with Gasteiger partial charge in [0, 0.05) is 10.5 Å². The molecule has 0 spiro atoms. The third kappa shape index (κ3) is 2.36. The van der Waals surface area contributed by atoms with Crippen LogP contribution in [0, 0.1) is 0 Å². The predicted octanol–water partition coefficient (Wildman–Crippen LogP) is 2.38. The minimum Gasteiger partial charge on any atom is -0.508 e. The second kappa shape index (κ2) is 4.61. The molecule has 0 aliphatic carbocycles. The maximum atomic E-state index is 12.3. The van der Waals surface area contributed by atoms with Gasteiger partial charge in [-0.1, -0.05) is 0 Å². The van der Waals surface area contributed by atoms with Crippen molar-refractivity contribution in [3.8, 4) is 5.75 Å². The SMILES string of the molecule is CSc1ccc(O)c([C@@H](N)C(F)F)c1. The summed E-state index contributed by atoms with van der Waals surface area (Å²) in [6, 6.07) is 3.09. The Balaban J connectivity index is 3.05. The number of phenols is 1. The minimum atomic E-state index is -2.67. The molecule has 5 heteroatoms. The Bertz CT molecular complexity index is 320. The molecule has 14 heavy (non-hydrogen) atoms. The molecule has 0 aliphatic rings. The fourth-order valence-electron chi connectivity index (χ4n) is 1.06. The molecule has 0 amide bonds. The van der Waals surface area contributed by atoms with Crippen molar-refractivity contribution in [3.63, 3.8) is 0 Å². The Labute approximate surface area is 85.1 Å². The van der Waals surface area contributed by atoms with E-state index in [0.29, 0.717) is 0 Å². The first-order valence-corrected chi connectivity index (χ1v) is 5.19. The van der Waals surface area contributed by atoms with Crippen molar-refractivity contribution in [1.29, 1.82) is 0 Å². The molecule has 0 saturated heterocycles. The summed E-state index contributed by atoms with van der Waals surface area (Å²) in [4.78, 5) is 0.800. The lowest BCUT2D eigenvalue weighted by atomic mass is 10.1. The van der Waals surface area contributed by atoms with Crippen molar-refractivity contribution in [2.24, 2.45) is 5.73 Å². The normalized spacial score (nSPS) is 13.2. The molecule has 0 bridgehead atoms. The summed E-state index contributed by atoms with van der Waals surface area (Å²) in [7, 11) is 0. The number of alkyl halides is 2. The van der Waals surface area contributed by atoms with Gasteiger partial charge in [0.1, 0.15) is 5.75 Å². The highest BCUT2D eigenvalue weighted by molar-refractivity contribution is 7.98. The van der Waals surface area contributed by atoms with Gasteiger partial charge in [0.15, 0.2) is 0 Å². The van der Waals surface area contributed by atoms with Gasteiger partial charge in [-0.3, -0.25) is 0 Å². The van der Waals surface area contributed by atoms with Gasteiger partial charge in [-0.15, -0.1) is 11.8 Å². The second-order valence-electron chi connectivity index (χ2n) is 2.78. The first-order chi connectivity index (χ1) is 6.56.